The second kappa shape index (κ2) is 11.7. The minimum absolute atomic E-state index is 0.0703. The van der Waals surface area contributed by atoms with Crippen molar-refractivity contribution in [3.63, 3.8) is 0 Å². The molecule has 2 aromatic carbocycles. The molecule has 9 nitrogen and oxygen atoms in total. The standard InChI is InChI=1S/C32H43N5O4/c1-21-7-11-23(12-8-21)15-25-29(40)35(16-24-13-9-22(2)10-14-24)17-27-36(18-28(39)37(25)27)20-31(3,4)26(19-38)32(5,34-6)30(33)41/h7-14,19,25-27,34H,15-18,20H2,1-6H3,(H2,33,41)/t25-,26?,27+,32-/m0/s1. The fraction of sp³-hybridized carbons (Fsp3) is 0.500. The summed E-state index contributed by atoms with van der Waals surface area (Å²) in [5, 5.41) is 2.95. The monoisotopic (exact) mass is 561 g/mol. The summed E-state index contributed by atoms with van der Waals surface area (Å²) in [6, 6.07) is 15.5. The van der Waals surface area contributed by atoms with Crippen molar-refractivity contribution >= 4 is 24.0 Å². The lowest BCUT2D eigenvalue weighted by Crippen LogP contribution is -2.65. The minimum Gasteiger partial charge on any atom is -0.368 e. The van der Waals surface area contributed by atoms with E-state index in [0.717, 1.165) is 28.5 Å². The molecule has 1 unspecified atom stereocenters. The first-order chi connectivity index (χ1) is 19.3. The van der Waals surface area contributed by atoms with Gasteiger partial charge in [0.15, 0.2) is 0 Å². The lowest BCUT2D eigenvalue weighted by molar-refractivity contribution is -0.154. The fourth-order valence-corrected chi connectivity index (χ4v) is 6.41. The molecule has 220 valence electrons. The van der Waals surface area contributed by atoms with Crippen LogP contribution in [0.1, 0.15) is 43.0 Å². The Balaban J connectivity index is 1.67. The van der Waals surface area contributed by atoms with Gasteiger partial charge in [0.1, 0.15) is 24.0 Å². The van der Waals surface area contributed by atoms with E-state index in [2.05, 4.69) is 5.32 Å². The number of nitrogens with one attached hydrogen (secondary N) is 1. The van der Waals surface area contributed by atoms with Gasteiger partial charge in [-0.25, -0.2) is 0 Å². The van der Waals surface area contributed by atoms with E-state index in [-0.39, 0.29) is 24.5 Å². The number of aryl methyl sites for hydroxylation is 2. The molecule has 41 heavy (non-hydrogen) atoms. The van der Waals surface area contributed by atoms with Gasteiger partial charge in [0.05, 0.1) is 13.1 Å². The Hall–Kier alpha value is -3.56. The third-order valence-corrected chi connectivity index (χ3v) is 8.97. The Morgan fingerprint density at radius 1 is 1.02 bits per heavy atom. The summed E-state index contributed by atoms with van der Waals surface area (Å²) in [5.41, 5.74) is 8.03. The van der Waals surface area contributed by atoms with Crippen molar-refractivity contribution in [2.75, 3.05) is 26.7 Å². The molecule has 2 aromatic rings. The largest absolute Gasteiger partial charge is 0.368 e. The molecule has 2 saturated heterocycles. The fourth-order valence-electron chi connectivity index (χ4n) is 6.41. The highest BCUT2D eigenvalue weighted by Crippen LogP contribution is 2.38. The summed E-state index contributed by atoms with van der Waals surface area (Å²) < 4.78 is 0. The molecule has 0 aromatic heterocycles. The van der Waals surface area contributed by atoms with Crippen molar-refractivity contribution in [2.45, 2.75) is 65.3 Å². The number of nitrogens with two attached hydrogens (primary N) is 1. The van der Waals surface area contributed by atoms with Crippen LogP contribution in [0.15, 0.2) is 48.5 Å². The molecule has 3 amide bonds. The number of aldehydes is 1. The number of fused-ring (bicyclic) bond motifs is 1. The zero-order valence-electron chi connectivity index (χ0n) is 25.0. The molecule has 2 aliphatic heterocycles. The van der Waals surface area contributed by atoms with Crippen LogP contribution in [-0.2, 0) is 32.1 Å². The lowest BCUT2D eigenvalue weighted by Gasteiger charge is -2.47. The lowest BCUT2D eigenvalue weighted by atomic mass is 9.68. The molecular weight excluding hydrogens is 518 g/mol. The number of piperazine rings is 1. The van der Waals surface area contributed by atoms with Crippen molar-refractivity contribution in [3.05, 3.63) is 70.8 Å². The number of primary amides is 1. The molecule has 2 aliphatic rings. The van der Waals surface area contributed by atoms with Crippen LogP contribution < -0.4 is 11.1 Å². The van der Waals surface area contributed by atoms with E-state index in [0.29, 0.717) is 26.1 Å². The van der Waals surface area contributed by atoms with Crippen LogP contribution in [0.3, 0.4) is 0 Å². The van der Waals surface area contributed by atoms with Crippen LogP contribution in [0.25, 0.3) is 0 Å². The smallest absolute Gasteiger partial charge is 0.246 e. The average molecular weight is 562 g/mol. The molecule has 4 rings (SSSR count). The number of rotatable bonds is 11. The molecule has 4 atom stereocenters. The summed E-state index contributed by atoms with van der Waals surface area (Å²) in [5.74, 6) is -1.55. The number of carbonyl (C=O) groups is 4. The van der Waals surface area contributed by atoms with E-state index in [9.17, 15) is 19.2 Å². The van der Waals surface area contributed by atoms with Gasteiger partial charge < -0.3 is 25.6 Å². The van der Waals surface area contributed by atoms with Crippen LogP contribution in [-0.4, -0.2) is 83.1 Å². The molecule has 0 aliphatic carbocycles. The highest BCUT2D eigenvalue weighted by molar-refractivity contribution is 5.91. The van der Waals surface area contributed by atoms with Crippen molar-refractivity contribution in [1.82, 2.24) is 20.0 Å². The zero-order chi connectivity index (χ0) is 30.1. The molecule has 0 radical (unpaired) electrons. The van der Waals surface area contributed by atoms with Gasteiger partial charge in [0.2, 0.25) is 17.7 Å². The molecule has 9 heteroatoms. The van der Waals surface area contributed by atoms with Gasteiger partial charge in [0.25, 0.3) is 0 Å². The zero-order valence-corrected chi connectivity index (χ0v) is 25.0. The van der Waals surface area contributed by atoms with E-state index >= 15 is 0 Å². The van der Waals surface area contributed by atoms with Crippen molar-refractivity contribution in [1.29, 1.82) is 0 Å². The summed E-state index contributed by atoms with van der Waals surface area (Å²) in [6.45, 7) is 10.8. The van der Waals surface area contributed by atoms with Crippen LogP contribution in [0.4, 0.5) is 0 Å². The highest BCUT2D eigenvalue weighted by atomic mass is 16.2. The number of likely N-dealkylation sites (N-methyl/N-ethyl adjacent to an activating group) is 1. The molecule has 2 heterocycles. The summed E-state index contributed by atoms with van der Waals surface area (Å²) in [6.07, 6.45) is 0.840. The van der Waals surface area contributed by atoms with Gasteiger partial charge >= 0.3 is 0 Å². The normalized spacial score (nSPS) is 21.9. The quantitative estimate of drug-likeness (QED) is 0.406. The third kappa shape index (κ3) is 6.06. The van der Waals surface area contributed by atoms with Crippen molar-refractivity contribution in [3.8, 4) is 0 Å². The Morgan fingerprint density at radius 2 is 1.59 bits per heavy atom. The molecule has 0 spiro atoms. The molecule has 3 N–H and O–H groups in total. The van der Waals surface area contributed by atoms with Crippen LogP contribution in [0.2, 0.25) is 0 Å². The summed E-state index contributed by atoms with van der Waals surface area (Å²) in [7, 11) is 1.61. The van der Waals surface area contributed by atoms with Gasteiger partial charge in [-0.2, -0.15) is 0 Å². The summed E-state index contributed by atoms with van der Waals surface area (Å²) in [4.78, 5) is 58.0. The first-order valence-electron chi connectivity index (χ1n) is 14.2. The first kappa shape index (κ1) is 30.4. The topological polar surface area (TPSA) is 116 Å². The van der Waals surface area contributed by atoms with Gasteiger partial charge in [-0.15, -0.1) is 0 Å². The Labute approximate surface area is 243 Å². The second-order valence-electron chi connectivity index (χ2n) is 12.5. The van der Waals surface area contributed by atoms with Crippen LogP contribution in [0.5, 0.6) is 0 Å². The molecule has 2 fully saturated rings. The van der Waals surface area contributed by atoms with E-state index in [1.807, 2.05) is 86.0 Å². The molecule has 0 bridgehead atoms. The Morgan fingerprint density at radius 3 is 2.10 bits per heavy atom. The van der Waals surface area contributed by atoms with Crippen molar-refractivity contribution < 1.29 is 19.2 Å². The number of benzene rings is 2. The number of amides is 3. The highest BCUT2D eigenvalue weighted by Gasteiger charge is 2.53. The number of nitrogens with zero attached hydrogens (tertiary/aromatic N) is 3. The number of hydrogen-bond donors (Lipinski definition) is 2. The maximum Gasteiger partial charge on any atom is 0.246 e. The number of carbonyl (C=O) groups excluding carboxylic acids is 4. The van der Waals surface area contributed by atoms with Gasteiger partial charge in [-0.3, -0.25) is 19.3 Å². The van der Waals surface area contributed by atoms with Gasteiger partial charge in [-0.1, -0.05) is 73.5 Å². The first-order valence-corrected chi connectivity index (χ1v) is 14.2. The van der Waals surface area contributed by atoms with E-state index in [1.54, 1.807) is 18.9 Å². The maximum absolute atomic E-state index is 14.0. The Bertz CT molecular complexity index is 1290. The SMILES string of the molecule is CN[C@](C)(C(N)=O)C(C=O)C(C)(C)CN1CC(=O)N2[C@@H]1CN(Cc1ccc(C)cc1)C(=O)[C@@H]2Cc1ccc(C)cc1. The maximum atomic E-state index is 14.0. The third-order valence-electron chi connectivity index (χ3n) is 8.97. The van der Waals surface area contributed by atoms with Crippen LogP contribution >= 0.6 is 0 Å². The predicted octanol–water partition coefficient (Wildman–Crippen LogP) is 2.03. The number of hydrogen-bond acceptors (Lipinski definition) is 6. The van der Waals surface area contributed by atoms with Gasteiger partial charge in [0, 0.05) is 25.4 Å². The van der Waals surface area contributed by atoms with Crippen molar-refractivity contribution in [2.24, 2.45) is 17.1 Å². The average Bonchev–Trinajstić information content (AvgIpc) is 3.22. The van der Waals surface area contributed by atoms with E-state index in [4.69, 9.17) is 5.73 Å². The minimum atomic E-state index is -1.26. The molecule has 0 saturated carbocycles. The van der Waals surface area contributed by atoms with E-state index in [1.165, 1.54) is 0 Å². The van der Waals surface area contributed by atoms with Gasteiger partial charge in [-0.05, 0) is 44.4 Å². The van der Waals surface area contributed by atoms with E-state index < -0.39 is 28.8 Å². The Kier molecular flexibility index (Phi) is 8.70. The predicted molar refractivity (Wildman–Crippen MR) is 157 cm³/mol. The molecular formula is C32H43N5O4. The summed E-state index contributed by atoms with van der Waals surface area (Å²) >= 11 is 0. The van der Waals surface area contributed by atoms with Crippen LogP contribution in [0, 0.1) is 25.2 Å². The second-order valence-corrected chi connectivity index (χ2v) is 12.5.